The van der Waals surface area contributed by atoms with Gasteiger partial charge in [0.2, 0.25) is 5.91 Å². The number of aromatic nitrogens is 5. The number of carbonyl (C=O) groups excluding carboxylic acids is 1. The van der Waals surface area contributed by atoms with Gasteiger partial charge in [-0.1, -0.05) is 6.07 Å². The molecule has 0 unspecified atom stereocenters. The van der Waals surface area contributed by atoms with E-state index >= 15 is 0 Å². The fraction of sp³-hybridized carbons (Fsp3) is 0.167. The van der Waals surface area contributed by atoms with E-state index in [9.17, 15) is 19.7 Å². The van der Waals surface area contributed by atoms with Gasteiger partial charge in [-0.05, 0) is 48.0 Å². The number of nitro groups is 1. The van der Waals surface area contributed by atoms with E-state index in [4.69, 9.17) is 4.42 Å². The van der Waals surface area contributed by atoms with Crippen LogP contribution in [0.2, 0.25) is 0 Å². The van der Waals surface area contributed by atoms with E-state index in [1.807, 2.05) is 13.0 Å². The van der Waals surface area contributed by atoms with Gasteiger partial charge in [0, 0.05) is 11.8 Å². The zero-order valence-corrected chi connectivity index (χ0v) is 15.9. The number of carbonyl (C=O) groups is 1. The molecular formula is C18H15N7O5. The molecule has 1 N–H and O–H groups in total. The zero-order chi connectivity index (χ0) is 21.4. The van der Waals surface area contributed by atoms with Crippen LogP contribution >= 0.6 is 0 Å². The number of tetrazole rings is 1. The molecule has 0 spiro atoms. The first-order valence-corrected chi connectivity index (χ1v) is 8.77. The largest absolute Gasteiger partial charge is 0.420 e. The van der Waals surface area contributed by atoms with Crippen LogP contribution in [0.3, 0.4) is 0 Å². The Balaban J connectivity index is 1.59. The van der Waals surface area contributed by atoms with Crippen molar-refractivity contribution < 1.29 is 14.1 Å². The van der Waals surface area contributed by atoms with Crippen molar-refractivity contribution in [2.45, 2.75) is 20.4 Å². The average Bonchev–Trinajstić information content (AvgIpc) is 3.26. The molecule has 0 saturated heterocycles. The second kappa shape index (κ2) is 7.24. The van der Waals surface area contributed by atoms with Gasteiger partial charge in [-0.3, -0.25) is 19.5 Å². The Hall–Kier alpha value is -4.35. The number of nitro benzene ring substituents is 1. The summed E-state index contributed by atoms with van der Waals surface area (Å²) in [5.74, 6) is -0.664. The van der Waals surface area contributed by atoms with Gasteiger partial charge in [-0.25, -0.2) is 4.79 Å². The van der Waals surface area contributed by atoms with Crippen molar-refractivity contribution in [1.29, 1.82) is 0 Å². The molecule has 1 amide bonds. The number of nitrogens with zero attached hydrogens (tertiary/aromatic N) is 6. The van der Waals surface area contributed by atoms with E-state index in [0.29, 0.717) is 17.2 Å². The number of hydrogen-bond donors (Lipinski definition) is 1. The molecule has 152 valence electrons. The summed E-state index contributed by atoms with van der Waals surface area (Å²) in [6, 6.07) is 9.01. The minimum Gasteiger partial charge on any atom is -0.407 e. The first-order chi connectivity index (χ1) is 14.3. The Kier molecular flexibility index (Phi) is 4.58. The fourth-order valence-electron chi connectivity index (χ4n) is 3.03. The van der Waals surface area contributed by atoms with Crippen molar-refractivity contribution >= 4 is 28.4 Å². The van der Waals surface area contributed by atoms with Gasteiger partial charge in [0.05, 0.1) is 22.2 Å². The molecule has 2 aromatic carbocycles. The summed E-state index contributed by atoms with van der Waals surface area (Å²) in [6.07, 6.45) is 0. The number of non-ortho nitro benzene ring substituents is 1. The third-order valence-corrected chi connectivity index (χ3v) is 4.51. The molecule has 0 aliphatic heterocycles. The van der Waals surface area contributed by atoms with Crippen LogP contribution in [0.25, 0.3) is 16.8 Å². The molecule has 0 fully saturated rings. The first kappa shape index (κ1) is 19.0. The van der Waals surface area contributed by atoms with Gasteiger partial charge >= 0.3 is 5.76 Å². The van der Waals surface area contributed by atoms with Crippen LogP contribution in [0, 0.1) is 24.0 Å². The number of rotatable bonds is 5. The molecule has 12 heteroatoms. The van der Waals surface area contributed by atoms with E-state index in [1.165, 1.54) is 12.1 Å². The summed E-state index contributed by atoms with van der Waals surface area (Å²) in [4.78, 5) is 34.9. The van der Waals surface area contributed by atoms with Crippen molar-refractivity contribution in [2.24, 2.45) is 0 Å². The van der Waals surface area contributed by atoms with Crippen LogP contribution < -0.4 is 11.1 Å². The maximum absolute atomic E-state index is 12.5. The number of hydrogen-bond acceptors (Lipinski definition) is 8. The Morgan fingerprint density at radius 1 is 1.23 bits per heavy atom. The number of anilines is 1. The molecule has 30 heavy (non-hydrogen) atoms. The number of oxazole rings is 1. The fourth-order valence-corrected chi connectivity index (χ4v) is 3.03. The second-order valence-corrected chi connectivity index (χ2v) is 6.55. The molecule has 2 heterocycles. The highest BCUT2D eigenvalue weighted by Gasteiger charge is 2.17. The van der Waals surface area contributed by atoms with Gasteiger partial charge in [0.15, 0.2) is 11.4 Å². The Morgan fingerprint density at radius 3 is 2.73 bits per heavy atom. The summed E-state index contributed by atoms with van der Waals surface area (Å²) in [5.41, 5.74) is 2.21. The molecule has 0 radical (unpaired) electrons. The van der Waals surface area contributed by atoms with Crippen molar-refractivity contribution in [3.05, 3.63) is 68.5 Å². The van der Waals surface area contributed by atoms with Gasteiger partial charge in [-0.15, -0.1) is 5.10 Å². The topological polar surface area (TPSA) is 151 Å². The van der Waals surface area contributed by atoms with Crippen LogP contribution in [-0.4, -0.2) is 35.6 Å². The Bertz CT molecular complexity index is 1350. The minimum atomic E-state index is -0.783. The Morgan fingerprint density at radius 2 is 2.03 bits per heavy atom. The van der Waals surface area contributed by atoms with E-state index in [-0.39, 0.29) is 23.3 Å². The maximum Gasteiger partial charge on any atom is 0.420 e. The molecule has 0 aliphatic carbocycles. The van der Waals surface area contributed by atoms with E-state index in [0.717, 1.165) is 16.2 Å². The van der Waals surface area contributed by atoms with Crippen LogP contribution in [-0.2, 0) is 11.3 Å². The van der Waals surface area contributed by atoms with Gasteiger partial charge < -0.3 is 9.73 Å². The number of benzene rings is 2. The lowest BCUT2D eigenvalue weighted by Crippen LogP contribution is -2.24. The normalized spacial score (nSPS) is 11.0. The lowest BCUT2D eigenvalue weighted by atomic mass is 10.2. The predicted octanol–water partition coefficient (Wildman–Crippen LogP) is 1.73. The Labute approximate surface area is 167 Å². The van der Waals surface area contributed by atoms with Crippen LogP contribution in [0.5, 0.6) is 0 Å². The van der Waals surface area contributed by atoms with Crippen molar-refractivity contribution in [1.82, 2.24) is 24.8 Å². The lowest BCUT2D eigenvalue weighted by Gasteiger charge is -2.10. The van der Waals surface area contributed by atoms with Gasteiger partial charge in [0.1, 0.15) is 6.54 Å². The van der Waals surface area contributed by atoms with E-state index in [2.05, 4.69) is 20.8 Å². The third kappa shape index (κ3) is 3.41. The van der Waals surface area contributed by atoms with Crippen molar-refractivity contribution in [3.8, 4) is 5.69 Å². The summed E-state index contributed by atoms with van der Waals surface area (Å²) >= 11 is 0. The monoisotopic (exact) mass is 409 g/mol. The summed E-state index contributed by atoms with van der Waals surface area (Å²) in [7, 11) is 0. The van der Waals surface area contributed by atoms with Crippen LogP contribution in [0.15, 0.2) is 45.6 Å². The molecule has 4 aromatic rings. The molecule has 12 nitrogen and oxygen atoms in total. The number of fused-ring (bicyclic) bond motifs is 1. The average molecular weight is 409 g/mol. The molecule has 0 saturated carbocycles. The number of aryl methyl sites for hydroxylation is 2. The van der Waals surface area contributed by atoms with Crippen LogP contribution in [0.1, 0.15) is 11.4 Å². The smallest absolute Gasteiger partial charge is 0.407 e. The standard InChI is InChI=1S/C18H15N7O5/c1-10-3-4-12(7-15(10)24-11(2)20-21-22-24)19-17(26)9-23-14-6-5-13(25(28)29)8-16(14)30-18(23)27/h3-8H,9H2,1-2H3,(H,19,26). The van der Waals surface area contributed by atoms with Crippen molar-refractivity contribution in [2.75, 3.05) is 5.32 Å². The van der Waals surface area contributed by atoms with Crippen LogP contribution in [0.4, 0.5) is 11.4 Å². The highest BCUT2D eigenvalue weighted by molar-refractivity contribution is 5.92. The first-order valence-electron chi connectivity index (χ1n) is 8.77. The van der Waals surface area contributed by atoms with Gasteiger partial charge in [-0.2, -0.15) is 4.68 Å². The van der Waals surface area contributed by atoms with Crippen molar-refractivity contribution in [3.63, 3.8) is 0 Å². The lowest BCUT2D eigenvalue weighted by molar-refractivity contribution is -0.384. The summed E-state index contributed by atoms with van der Waals surface area (Å²) in [6.45, 7) is 3.32. The molecule has 0 aliphatic rings. The molecule has 4 rings (SSSR count). The third-order valence-electron chi connectivity index (χ3n) is 4.51. The summed E-state index contributed by atoms with van der Waals surface area (Å²) in [5, 5.41) is 25.0. The predicted molar refractivity (Wildman–Crippen MR) is 104 cm³/mol. The minimum absolute atomic E-state index is 0.0359. The molecule has 0 bridgehead atoms. The zero-order valence-electron chi connectivity index (χ0n) is 15.9. The van der Waals surface area contributed by atoms with Gasteiger partial charge in [0.25, 0.3) is 5.69 Å². The van der Waals surface area contributed by atoms with E-state index < -0.39 is 16.6 Å². The molecular weight excluding hydrogens is 394 g/mol. The number of nitrogens with one attached hydrogen (secondary N) is 1. The van der Waals surface area contributed by atoms with E-state index in [1.54, 1.807) is 23.7 Å². The highest BCUT2D eigenvalue weighted by Crippen LogP contribution is 2.21. The second-order valence-electron chi connectivity index (χ2n) is 6.55. The maximum atomic E-state index is 12.5. The molecule has 2 aromatic heterocycles. The molecule has 0 atom stereocenters. The SMILES string of the molecule is Cc1ccc(NC(=O)Cn2c(=O)oc3cc([N+](=O)[O-])ccc32)cc1-n1nnnc1C. The number of amides is 1. The quantitative estimate of drug-likeness (QED) is 0.386. The summed E-state index contributed by atoms with van der Waals surface area (Å²) < 4.78 is 7.69. The highest BCUT2D eigenvalue weighted by atomic mass is 16.6.